The number of carbonyl (C=O) groups is 2. The van der Waals surface area contributed by atoms with Crippen LogP contribution in [0.3, 0.4) is 0 Å². The van der Waals surface area contributed by atoms with E-state index in [0.29, 0.717) is 25.6 Å². The molecule has 130 valence electrons. The van der Waals surface area contributed by atoms with Gasteiger partial charge >= 0.3 is 0 Å². The van der Waals surface area contributed by atoms with E-state index >= 15 is 0 Å². The lowest BCUT2D eigenvalue weighted by atomic mass is 9.99. The molecule has 6 heteroatoms. The molecule has 1 aromatic carbocycles. The van der Waals surface area contributed by atoms with Gasteiger partial charge in [0.2, 0.25) is 5.91 Å². The van der Waals surface area contributed by atoms with Crippen LogP contribution in [0.1, 0.15) is 24.5 Å². The zero-order valence-corrected chi connectivity index (χ0v) is 15.0. The van der Waals surface area contributed by atoms with Gasteiger partial charge in [-0.25, -0.2) is 0 Å². The van der Waals surface area contributed by atoms with E-state index in [1.54, 1.807) is 4.90 Å². The Morgan fingerprint density at radius 3 is 2.83 bits per heavy atom. The topological polar surface area (TPSA) is 52.7 Å². The molecule has 1 fully saturated rings. The lowest BCUT2D eigenvalue weighted by molar-refractivity contribution is -0.121. The van der Waals surface area contributed by atoms with Gasteiger partial charge in [0.1, 0.15) is 0 Å². The fraction of sp³-hybridized carbons (Fsp3) is 0.556. The quantitative estimate of drug-likeness (QED) is 0.856. The molecule has 1 aromatic rings. The van der Waals surface area contributed by atoms with Gasteiger partial charge in [-0.15, -0.1) is 0 Å². The normalized spacial score (nSPS) is 19.2. The Kier molecular flexibility index (Phi) is 5.79. The van der Waals surface area contributed by atoms with Gasteiger partial charge in [-0.05, 0) is 24.5 Å². The molecule has 0 unspecified atom stereocenters. The molecule has 24 heavy (non-hydrogen) atoms. The van der Waals surface area contributed by atoms with Crippen LogP contribution in [0, 0.1) is 0 Å². The summed E-state index contributed by atoms with van der Waals surface area (Å²) in [5, 5.41) is 3.12. The molecule has 2 aliphatic rings. The second kappa shape index (κ2) is 8.03. The molecule has 1 saturated heterocycles. The maximum atomic E-state index is 12.0. The summed E-state index contributed by atoms with van der Waals surface area (Å²) in [7, 11) is 0. The minimum atomic E-state index is 0.0314. The van der Waals surface area contributed by atoms with Crippen LogP contribution in [0.4, 0.5) is 4.79 Å². The van der Waals surface area contributed by atoms with Crippen molar-refractivity contribution in [2.45, 2.75) is 32.4 Å². The van der Waals surface area contributed by atoms with Gasteiger partial charge in [0.05, 0.1) is 0 Å². The molecular weight excluding hydrogens is 322 g/mol. The minimum Gasteiger partial charge on any atom is -0.354 e. The average Bonchev–Trinajstić information content (AvgIpc) is 3.02. The van der Waals surface area contributed by atoms with E-state index in [-0.39, 0.29) is 11.1 Å². The summed E-state index contributed by atoms with van der Waals surface area (Å²) in [6, 6.07) is 8.90. The zero-order valence-electron chi connectivity index (χ0n) is 14.2. The number of nitrogens with one attached hydrogen (secondary N) is 1. The highest BCUT2D eigenvalue weighted by atomic mass is 32.2. The van der Waals surface area contributed by atoms with Gasteiger partial charge in [0, 0.05) is 50.9 Å². The zero-order chi connectivity index (χ0) is 16.9. The van der Waals surface area contributed by atoms with Crippen molar-refractivity contribution < 1.29 is 9.59 Å². The lowest BCUT2D eigenvalue weighted by Gasteiger charge is -2.33. The SMILES string of the molecule is C[C@@H](CNC(=O)CCN1CCSC1=O)N1CCc2ccccc2C1. The van der Waals surface area contributed by atoms with Gasteiger partial charge in [-0.1, -0.05) is 36.0 Å². The number of benzene rings is 1. The van der Waals surface area contributed by atoms with Gasteiger partial charge in [-0.2, -0.15) is 0 Å². The Labute approximate surface area is 147 Å². The smallest absolute Gasteiger partial charge is 0.281 e. The van der Waals surface area contributed by atoms with Crippen LogP contribution >= 0.6 is 11.8 Å². The van der Waals surface area contributed by atoms with Gasteiger partial charge in [0.25, 0.3) is 5.24 Å². The fourth-order valence-corrected chi connectivity index (χ4v) is 4.09. The van der Waals surface area contributed by atoms with E-state index in [4.69, 9.17) is 0 Å². The standard InChI is InChI=1S/C18H25N3O2S/c1-14(21-8-6-15-4-2-3-5-16(15)13-21)12-19-17(22)7-9-20-10-11-24-18(20)23/h2-5,14H,6-13H2,1H3,(H,19,22)/t14-/m0/s1. The van der Waals surface area contributed by atoms with Crippen LogP contribution in [0.5, 0.6) is 0 Å². The molecule has 0 aliphatic carbocycles. The summed E-state index contributed by atoms with van der Waals surface area (Å²) in [5.41, 5.74) is 2.84. The maximum Gasteiger partial charge on any atom is 0.281 e. The Balaban J connectivity index is 1.40. The van der Waals surface area contributed by atoms with E-state index < -0.39 is 0 Å². The van der Waals surface area contributed by atoms with Crippen molar-refractivity contribution >= 4 is 22.9 Å². The van der Waals surface area contributed by atoms with Gasteiger partial charge in [-0.3, -0.25) is 14.5 Å². The third-order valence-electron chi connectivity index (χ3n) is 4.83. The first-order valence-electron chi connectivity index (χ1n) is 8.62. The third kappa shape index (κ3) is 4.30. The molecule has 1 atom stereocenters. The van der Waals surface area contributed by atoms with Gasteiger partial charge < -0.3 is 10.2 Å². The first-order valence-corrected chi connectivity index (χ1v) is 9.61. The average molecular weight is 347 g/mol. The molecule has 0 bridgehead atoms. The van der Waals surface area contributed by atoms with Crippen molar-refractivity contribution in [2.24, 2.45) is 0 Å². The molecule has 0 aromatic heterocycles. The molecule has 0 saturated carbocycles. The molecule has 0 spiro atoms. The maximum absolute atomic E-state index is 12.0. The molecule has 5 nitrogen and oxygen atoms in total. The number of thioether (sulfide) groups is 1. The highest BCUT2D eigenvalue weighted by Gasteiger charge is 2.22. The van der Waals surface area contributed by atoms with Crippen LogP contribution < -0.4 is 5.32 Å². The summed E-state index contributed by atoms with van der Waals surface area (Å²) in [5.74, 6) is 0.873. The van der Waals surface area contributed by atoms with Crippen molar-refractivity contribution in [1.82, 2.24) is 15.1 Å². The fourth-order valence-electron chi connectivity index (χ4n) is 3.24. The Bertz CT molecular complexity index is 608. The lowest BCUT2D eigenvalue weighted by Crippen LogP contribution is -2.44. The van der Waals surface area contributed by atoms with E-state index in [1.165, 1.54) is 22.9 Å². The van der Waals surface area contributed by atoms with E-state index in [0.717, 1.165) is 31.8 Å². The predicted octanol–water partition coefficient (Wildman–Crippen LogP) is 2.11. The van der Waals surface area contributed by atoms with Crippen molar-refractivity contribution in [1.29, 1.82) is 0 Å². The number of hydrogen-bond acceptors (Lipinski definition) is 4. The number of hydrogen-bond donors (Lipinski definition) is 1. The Morgan fingerprint density at radius 1 is 1.29 bits per heavy atom. The largest absolute Gasteiger partial charge is 0.354 e. The van der Waals surface area contributed by atoms with Crippen LogP contribution in [-0.4, -0.2) is 58.9 Å². The van der Waals surface area contributed by atoms with Gasteiger partial charge in [0.15, 0.2) is 0 Å². The van der Waals surface area contributed by atoms with Crippen molar-refractivity contribution in [3.63, 3.8) is 0 Å². The summed E-state index contributed by atoms with van der Waals surface area (Å²) in [6.45, 7) is 6.10. The second-order valence-corrected chi connectivity index (χ2v) is 7.54. The van der Waals surface area contributed by atoms with Crippen LogP contribution in [-0.2, 0) is 17.8 Å². The van der Waals surface area contributed by atoms with Crippen LogP contribution in [0.25, 0.3) is 0 Å². The third-order valence-corrected chi connectivity index (χ3v) is 5.72. The van der Waals surface area contributed by atoms with E-state index in [9.17, 15) is 9.59 Å². The molecule has 2 heterocycles. The highest BCUT2D eigenvalue weighted by molar-refractivity contribution is 8.13. The number of fused-ring (bicyclic) bond motifs is 1. The molecule has 2 amide bonds. The van der Waals surface area contributed by atoms with Crippen molar-refractivity contribution in [3.8, 4) is 0 Å². The number of amides is 2. The van der Waals surface area contributed by atoms with E-state index in [1.807, 2.05) is 0 Å². The van der Waals surface area contributed by atoms with Crippen molar-refractivity contribution in [2.75, 3.05) is 31.9 Å². The number of carbonyl (C=O) groups excluding carboxylic acids is 2. The first-order chi connectivity index (χ1) is 11.6. The first kappa shape index (κ1) is 17.3. The summed E-state index contributed by atoms with van der Waals surface area (Å²) in [4.78, 5) is 27.7. The Hall–Kier alpha value is -1.53. The summed E-state index contributed by atoms with van der Waals surface area (Å²) in [6.07, 6.45) is 1.46. The van der Waals surface area contributed by atoms with Crippen LogP contribution in [0.2, 0.25) is 0 Å². The number of nitrogens with zero attached hydrogens (tertiary/aromatic N) is 2. The number of rotatable bonds is 6. The summed E-state index contributed by atoms with van der Waals surface area (Å²) >= 11 is 1.34. The van der Waals surface area contributed by atoms with Crippen molar-refractivity contribution in [3.05, 3.63) is 35.4 Å². The molecule has 2 aliphatic heterocycles. The van der Waals surface area contributed by atoms with E-state index in [2.05, 4.69) is 41.4 Å². The molecule has 0 radical (unpaired) electrons. The second-order valence-electron chi connectivity index (χ2n) is 6.49. The molecule has 1 N–H and O–H groups in total. The Morgan fingerprint density at radius 2 is 2.08 bits per heavy atom. The molecular formula is C18H25N3O2S. The summed E-state index contributed by atoms with van der Waals surface area (Å²) < 4.78 is 0. The highest BCUT2D eigenvalue weighted by Crippen LogP contribution is 2.20. The van der Waals surface area contributed by atoms with Crippen LogP contribution in [0.15, 0.2) is 24.3 Å². The molecule has 3 rings (SSSR count). The predicted molar refractivity (Wildman–Crippen MR) is 97.1 cm³/mol. The minimum absolute atomic E-state index is 0.0314. The monoisotopic (exact) mass is 347 g/mol.